The van der Waals surface area contributed by atoms with Gasteiger partial charge in [-0.15, -0.1) is 11.3 Å². The summed E-state index contributed by atoms with van der Waals surface area (Å²) >= 11 is 1.29. The number of nitrogens with zero attached hydrogens (tertiary/aromatic N) is 1. The number of hydrogen-bond donors (Lipinski definition) is 2. The number of nitrogens with two attached hydrogens (primary N) is 1. The molecule has 1 amide bonds. The van der Waals surface area contributed by atoms with E-state index in [1.54, 1.807) is 0 Å². The van der Waals surface area contributed by atoms with Gasteiger partial charge < -0.3 is 4.74 Å². The van der Waals surface area contributed by atoms with E-state index in [0.717, 1.165) is 12.1 Å². The third-order valence-electron chi connectivity index (χ3n) is 3.69. The molecule has 0 radical (unpaired) electrons. The average Bonchev–Trinajstić information content (AvgIpc) is 2.93. The summed E-state index contributed by atoms with van der Waals surface area (Å²) in [5.74, 6) is 5.40. The van der Waals surface area contributed by atoms with E-state index in [0.29, 0.717) is 23.6 Å². The van der Waals surface area contributed by atoms with Crippen LogP contribution in [0.25, 0.3) is 0 Å². The summed E-state index contributed by atoms with van der Waals surface area (Å²) in [6.07, 6.45) is 6.47. The van der Waals surface area contributed by atoms with Crippen LogP contribution in [0.5, 0.6) is 0 Å². The molecule has 0 aromatic carbocycles. The highest BCUT2D eigenvalue weighted by Gasteiger charge is 2.24. The van der Waals surface area contributed by atoms with E-state index in [9.17, 15) is 4.79 Å². The van der Waals surface area contributed by atoms with Crippen LogP contribution in [-0.4, -0.2) is 17.0 Å². The Morgan fingerprint density at radius 2 is 2.37 bits per heavy atom. The number of nitrogens with one attached hydrogen (secondary N) is 1. The van der Waals surface area contributed by atoms with E-state index >= 15 is 0 Å². The minimum atomic E-state index is -0.347. The van der Waals surface area contributed by atoms with Crippen LogP contribution in [0.1, 0.15) is 54.5 Å². The third-order valence-corrected chi connectivity index (χ3v) is 4.58. The van der Waals surface area contributed by atoms with E-state index in [1.807, 2.05) is 5.38 Å². The van der Waals surface area contributed by atoms with E-state index in [1.165, 1.54) is 37.0 Å². The lowest BCUT2D eigenvalue weighted by Gasteiger charge is -2.30. The largest absolute Gasteiger partial charge is 0.372 e. The highest BCUT2D eigenvalue weighted by Crippen LogP contribution is 2.29. The number of nitrogen functional groups attached to an aromatic ring is 1. The van der Waals surface area contributed by atoms with Crippen molar-refractivity contribution < 1.29 is 9.53 Å². The maximum absolute atomic E-state index is 11.3. The molecule has 0 saturated heterocycles. The zero-order valence-electron chi connectivity index (χ0n) is 11.2. The summed E-state index contributed by atoms with van der Waals surface area (Å²) in [7, 11) is 0. The van der Waals surface area contributed by atoms with Crippen LogP contribution in [0, 0.1) is 5.92 Å². The number of ether oxygens (including phenoxy) is 1. The average molecular weight is 283 g/mol. The van der Waals surface area contributed by atoms with Crippen molar-refractivity contribution in [2.24, 2.45) is 11.8 Å². The van der Waals surface area contributed by atoms with Gasteiger partial charge in [0.2, 0.25) is 0 Å². The molecule has 1 aliphatic rings. The molecule has 1 saturated carbocycles. The lowest BCUT2D eigenvalue weighted by Crippen LogP contribution is -2.30. The van der Waals surface area contributed by atoms with Crippen molar-refractivity contribution in [3.8, 4) is 0 Å². The summed E-state index contributed by atoms with van der Waals surface area (Å²) in [6.45, 7) is 2.70. The number of hydrazine groups is 1. The predicted molar refractivity (Wildman–Crippen MR) is 74.6 cm³/mol. The quantitative estimate of drug-likeness (QED) is 0.493. The van der Waals surface area contributed by atoms with E-state index in [2.05, 4.69) is 17.3 Å². The second-order valence-corrected chi connectivity index (χ2v) is 5.78. The topological polar surface area (TPSA) is 77.2 Å². The summed E-state index contributed by atoms with van der Waals surface area (Å²) in [4.78, 5) is 15.5. The van der Waals surface area contributed by atoms with Gasteiger partial charge in [0.05, 0.1) is 18.4 Å². The van der Waals surface area contributed by atoms with Crippen LogP contribution in [-0.2, 0) is 11.3 Å². The van der Waals surface area contributed by atoms with Crippen LogP contribution in [0.2, 0.25) is 0 Å². The molecular formula is C13H21N3O2S. The second-order valence-electron chi connectivity index (χ2n) is 4.92. The molecule has 0 spiro atoms. The molecule has 1 fully saturated rings. The number of thiazole rings is 1. The van der Waals surface area contributed by atoms with Gasteiger partial charge in [-0.25, -0.2) is 10.8 Å². The van der Waals surface area contributed by atoms with Gasteiger partial charge in [0.15, 0.2) is 5.01 Å². The molecule has 1 heterocycles. The van der Waals surface area contributed by atoms with Gasteiger partial charge in [-0.2, -0.15) is 0 Å². The standard InChI is InChI=1S/C13H21N3O2S/c1-2-9-5-3-4-6-11(9)18-7-10-8-19-13(15-10)12(17)16-14/h8-9,11H,2-7,14H2,1H3,(H,16,17). The molecule has 106 valence electrons. The molecule has 1 aromatic rings. The number of amides is 1. The Morgan fingerprint density at radius 1 is 1.58 bits per heavy atom. The van der Waals surface area contributed by atoms with Crippen LogP contribution in [0.4, 0.5) is 0 Å². The number of carbonyl (C=O) groups is 1. The van der Waals surface area contributed by atoms with E-state index in [-0.39, 0.29) is 5.91 Å². The van der Waals surface area contributed by atoms with Crippen LogP contribution >= 0.6 is 11.3 Å². The fourth-order valence-corrected chi connectivity index (χ4v) is 3.30. The smallest absolute Gasteiger partial charge is 0.294 e. The predicted octanol–water partition coefficient (Wildman–Crippen LogP) is 2.23. The molecule has 6 heteroatoms. The molecule has 1 aliphatic carbocycles. The monoisotopic (exact) mass is 283 g/mol. The Balaban J connectivity index is 1.87. The van der Waals surface area contributed by atoms with Gasteiger partial charge in [0.1, 0.15) is 0 Å². The third kappa shape index (κ3) is 3.75. The van der Waals surface area contributed by atoms with Gasteiger partial charge in [-0.05, 0) is 18.8 Å². The first-order chi connectivity index (χ1) is 9.24. The van der Waals surface area contributed by atoms with Crippen LogP contribution < -0.4 is 11.3 Å². The van der Waals surface area contributed by atoms with Gasteiger partial charge in [-0.3, -0.25) is 10.2 Å². The first-order valence-corrected chi connectivity index (χ1v) is 7.69. The van der Waals surface area contributed by atoms with Crippen molar-refractivity contribution in [2.75, 3.05) is 0 Å². The maximum Gasteiger partial charge on any atom is 0.294 e. The molecule has 3 N–H and O–H groups in total. The van der Waals surface area contributed by atoms with Crippen molar-refractivity contribution in [2.45, 2.75) is 51.7 Å². The van der Waals surface area contributed by atoms with Gasteiger partial charge in [0.25, 0.3) is 5.91 Å². The zero-order valence-corrected chi connectivity index (χ0v) is 12.0. The zero-order chi connectivity index (χ0) is 13.7. The van der Waals surface area contributed by atoms with E-state index < -0.39 is 0 Å². The molecule has 5 nitrogen and oxygen atoms in total. The summed E-state index contributed by atoms with van der Waals surface area (Å²) < 4.78 is 5.98. The van der Waals surface area contributed by atoms with Gasteiger partial charge in [-0.1, -0.05) is 26.2 Å². The van der Waals surface area contributed by atoms with Crippen molar-refractivity contribution in [1.29, 1.82) is 0 Å². The van der Waals surface area contributed by atoms with Gasteiger partial charge >= 0.3 is 0 Å². The number of hydrogen-bond acceptors (Lipinski definition) is 5. The number of rotatable bonds is 5. The minimum absolute atomic E-state index is 0.340. The van der Waals surface area contributed by atoms with Crippen LogP contribution in [0.15, 0.2) is 5.38 Å². The normalized spacial score (nSPS) is 23.3. The SMILES string of the molecule is CCC1CCCCC1OCc1csc(C(=O)NN)n1. The number of aromatic nitrogens is 1. The summed E-state index contributed by atoms with van der Waals surface area (Å²) in [6, 6.07) is 0. The lowest BCUT2D eigenvalue weighted by atomic mass is 9.85. The van der Waals surface area contributed by atoms with Crippen molar-refractivity contribution in [3.05, 3.63) is 16.1 Å². The Labute approximate surface area is 117 Å². The minimum Gasteiger partial charge on any atom is -0.372 e. The maximum atomic E-state index is 11.3. The van der Waals surface area contributed by atoms with Crippen molar-refractivity contribution in [1.82, 2.24) is 10.4 Å². The molecular weight excluding hydrogens is 262 g/mol. The Kier molecular flexibility index (Phi) is 5.30. The summed E-state index contributed by atoms with van der Waals surface area (Å²) in [5, 5.41) is 2.24. The molecule has 0 bridgehead atoms. The van der Waals surface area contributed by atoms with Crippen LogP contribution in [0.3, 0.4) is 0 Å². The van der Waals surface area contributed by atoms with Gasteiger partial charge in [0, 0.05) is 5.38 Å². The van der Waals surface area contributed by atoms with Crippen molar-refractivity contribution in [3.63, 3.8) is 0 Å². The molecule has 19 heavy (non-hydrogen) atoms. The Hall–Kier alpha value is -0.980. The fraction of sp³-hybridized carbons (Fsp3) is 0.692. The first kappa shape index (κ1) is 14.4. The lowest BCUT2D eigenvalue weighted by molar-refractivity contribution is -0.0233. The van der Waals surface area contributed by atoms with E-state index in [4.69, 9.17) is 10.6 Å². The Bertz CT molecular complexity index is 422. The number of carbonyl (C=O) groups excluding carboxylic acids is 1. The molecule has 2 atom stereocenters. The molecule has 1 aromatic heterocycles. The fourth-order valence-electron chi connectivity index (χ4n) is 2.59. The first-order valence-electron chi connectivity index (χ1n) is 6.81. The highest BCUT2D eigenvalue weighted by molar-refractivity contribution is 7.11. The second kappa shape index (κ2) is 6.98. The molecule has 0 aliphatic heterocycles. The molecule has 2 unspecified atom stereocenters. The summed E-state index contributed by atoms with van der Waals surface area (Å²) in [5.41, 5.74) is 2.89. The highest BCUT2D eigenvalue weighted by atomic mass is 32.1. The Morgan fingerprint density at radius 3 is 3.11 bits per heavy atom. The van der Waals surface area contributed by atoms with Crippen molar-refractivity contribution >= 4 is 17.2 Å². The molecule has 2 rings (SSSR count).